The zero-order valence-electron chi connectivity index (χ0n) is 10.8. The van der Waals surface area contributed by atoms with E-state index in [2.05, 4.69) is 10.1 Å². The van der Waals surface area contributed by atoms with Crippen molar-refractivity contribution in [2.24, 2.45) is 0 Å². The molecule has 0 bridgehead atoms. The minimum absolute atomic E-state index is 0.176. The normalized spacial score (nSPS) is 11.0. The van der Waals surface area contributed by atoms with E-state index in [-0.39, 0.29) is 11.4 Å². The van der Waals surface area contributed by atoms with Crippen molar-refractivity contribution in [3.63, 3.8) is 0 Å². The number of halogens is 2. The average Bonchev–Trinajstić information content (AvgIpc) is 2.99. The molecule has 3 aromatic rings. The maximum absolute atomic E-state index is 13.3. The van der Waals surface area contributed by atoms with Crippen molar-refractivity contribution < 1.29 is 13.5 Å². The van der Waals surface area contributed by atoms with Crippen LogP contribution in [0.15, 0.2) is 18.2 Å². The summed E-state index contributed by atoms with van der Waals surface area (Å²) in [6.45, 7) is 0.319. The molecule has 2 aromatic heterocycles. The van der Waals surface area contributed by atoms with Crippen molar-refractivity contribution in [3.8, 4) is 17.3 Å². The Labute approximate surface area is 122 Å². The van der Waals surface area contributed by atoms with Gasteiger partial charge in [0.15, 0.2) is 17.3 Å². The lowest BCUT2D eigenvalue weighted by Gasteiger charge is -1.99. The highest BCUT2D eigenvalue weighted by atomic mass is 32.1. The van der Waals surface area contributed by atoms with E-state index in [1.165, 1.54) is 21.9 Å². The van der Waals surface area contributed by atoms with Crippen molar-refractivity contribution in [1.29, 1.82) is 5.26 Å². The summed E-state index contributed by atoms with van der Waals surface area (Å²) in [5, 5.41) is 14.2. The summed E-state index contributed by atoms with van der Waals surface area (Å²) in [5.74, 6) is -1.93. The number of hydrogen-bond donors (Lipinski definition) is 0. The molecule has 1 aromatic carbocycles. The van der Waals surface area contributed by atoms with Crippen LogP contribution in [0.4, 0.5) is 8.78 Å². The number of methoxy groups -OCH3 is 1. The third-order valence-electron chi connectivity index (χ3n) is 2.81. The molecule has 21 heavy (non-hydrogen) atoms. The first-order valence-corrected chi connectivity index (χ1v) is 6.68. The summed E-state index contributed by atoms with van der Waals surface area (Å²) in [6.07, 6.45) is 0. The molecule has 0 amide bonds. The number of rotatable bonds is 3. The quantitative estimate of drug-likeness (QED) is 0.746. The van der Waals surface area contributed by atoms with Gasteiger partial charge in [0, 0.05) is 12.7 Å². The molecule has 0 saturated carbocycles. The topological polar surface area (TPSA) is 63.2 Å². The fraction of sp³-hybridized carbons (Fsp3) is 0.154. The monoisotopic (exact) mass is 306 g/mol. The van der Waals surface area contributed by atoms with Crippen molar-refractivity contribution >= 4 is 16.3 Å². The average molecular weight is 306 g/mol. The van der Waals surface area contributed by atoms with E-state index in [9.17, 15) is 14.0 Å². The molecule has 0 fully saturated rings. The minimum Gasteiger partial charge on any atom is -0.377 e. The predicted octanol–water partition coefficient (Wildman–Crippen LogP) is 2.75. The van der Waals surface area contributed by atoms with Crippen LogP contribution in [-0.2, 0) is 11.3 Å². The summed E-state index contributed by atoms with van der Waals surface area (Å²) in [5.41, 5.74) is 0.783. The van der Waals surface area contributed by atoms with Gasteiger partial charge in [0.1, 0.15) is 16.8 Å². The maximum Gasteiger partial charge on any atom is 0.214 e. The largest absolute Gasteiger partial charge is 0.377 e. The summed E-state index contributed by atoms with van der Waals surface area (Å²) in [4.78, 5) is 4.78. The van der Waals surface area contributed by atoms with Gasteiger partial charge >= 0.3 is 0 Å². The Balaban J connectivity index is 2.16. The summed E-state index contributed by atoms with van der Waals surface area (Å²) < 4.78 is 32.7. The Hall–Kier alpha value is -2.37. The van der Waals surface area contributed by atoms with Gasteiger partial charge in [-0.05, 0) is 18.2 Å². The van der Waals surface area contributed by atoms with Crippen LogP contribution in [0.3, 0.4) is 0 Å². The Morgan fingerprint density at radius 1 is 1.38 bits per heavy atom. The third-order valence-corrected chi connectivity index (χ3v) is 3.69. The molecule has 0 aliphatic carbocycles. The van der Waals surface area contributed by atoms with Gasteiger partial charge in [-0.3, -0.25) is 0 Å². The SMILES string of the molecule is COCc1nn2c(C#N)c(-c3ccc(F)c(F)c3)nc2s1. The standard InChI is InChI=1S/C13H8F2N4OS/c1-20-6-11-18-19-10(5-16)12(17-13(19)21-11)7-2-3-8(14)9(15)4-7/h2-4H,6H2,1H3. The molecular weight excluding hydrogens is 298 g/mol. The number of hydrogen-bond acceptors (Lipinski definition) is 5. The predicted molar refractivity (Wildman–Crippen MR) is 71.6 cm³/mol. The van der Waals surface area contributed by atoms with Crippen molar-refractivity contribution in [1.82, 2.24) is 14.6 Å². The lowest BCUT2D eigenvalue weighted by Crippen LogP contribution is -1.94. The van der Waals surface area contributed by atoms with Crippen LogP contribution in [-0.4, -0.2) is 21.7 Å². The summed E-state index contributed by atoms with van der Waals surface area (Å²) in [7, 11) is 1.54. The molecule has 8 heteroatoms. The van der Waals surface area contributed by atoms with Crippen LogP contribution >= 0.6 is 11.3 Å². The van der Waals surface area contributed by atoms with Crippen LogP contribution in [0.25, 0.3) is 16.2 Å². The summed E-state index contributed by atoms with van der Waals surface area (Å²) >= 11 is 1.27. The van der Waals surface area contributed by atoms with Gasteiger partial charge < -0.3 is 4.74 Å². The molecule has 0 saturated heterocycles. The Morgan fingerprint density at radius 2 is 2.19 bits per heavy atom. The second-order valence-corrected chi connectivity index (χ2v) is 5.21. The van der Waals surface area contributed by atoms with E-state index in [0.717, 1.165) is 12.1 Å². The van der Waals surface area contributed by atoms with E-state index in [4.69, 9.17) is 4.74 Å². The number of fused-ring (bicyclic) bond motifs is 1. The van der Waals surface area contributed by atoms with Gasteiger partial charge in [-0.2, -0.15) is 14.9 Å². The van der Waals surface area contributed by atoms with Gasteiger partial charge in [-0.25, -0.2) is 13.8 Å². The van der Waals surface area contributed by atoms with E-state index in [1.54, 1.807) is 7.11 Å². The van der Waals surface area contributed by atoms with Crippen LogP contribution in [0.5, 0.6) is 0 Å². The molecule has 0 spiro atoms. The number of ether oxygens (including phenoxy) is 1. The van der Waals surface area contributed by atoms with Gasteiger partial charge in [-0.1, -0.05) is 11.3 Å². The molecule has 0 aliphatic rings. The lowest BCUT2D eigenvalue weighted by molar-refractivity contribution is 0.183. The lowest BCUT2D eigenvalue weighted by atomic mass is 10.1. The van der Waals surface area contributed by atoms with Crippen LogP contribution < -0.4 is 0 Å². The number of nitrogens with zero attached hydrogens (tertiary/aromatic N) is 4. The first kappa shape index (κ1) is 13.6. The van der Waals surface area contributed by atoms with Gasteiger partial charge in [0.25, 0.3) is 0 Å². The van der Waals surface area contributed by atoms with E-state index < -0.39 is 11.6 Å². The zero-order valence-corrected chi connectivity index (χ0v) is 11.6. The fourth-order valence-electron chi connectivity index (χ4n) is 1.91. The summed E-state index contributed by atoms with van der Waals surface area (Å²) in [6, 6.07) is 5.39. The molecule has 5 nitrogen and oxygen atoms in total. The van der Waals surface area contributed by atoms with Crippen LogP contribution in [0.1, 0.15) is 10.7 Å². The van der Waals surface area contributed by atoms with Crippen molar-refractivity contribution in [3.05, 3.63) is 40.5 Å². The highest BCUT2D eigenvalue weighted by Crippen LogP contribution is 2.27. The minimum atomic E-state index is -0.985. The highest BCUT2D eigenvalue weighted by Gasteiger charge is 2.18. The molecular formula is C13H8F2N4OS. The number of benzene rings is 1. The first-order chi connectivity index (χ1) is 10.1. The molecule has 106 valence electrons. The molecule has 0 radical (unpaired) electrons. The highest BCUT2D eigenvalue weighted by molar-refractivity contribution is 7.16. The van der Waals surface area contributed by atoms with E-state index in [0.29, 0.717) is 22.1 Å². The Kier molecular flexibility index (Phi) is 3.37. The number of aromatic nitrogens is 3. The molecule has 0 unspecified atom stereocenters. The van der Waals surface area contributed by atoms with E-state index >= 15 is 0 Å². The van der Waals surface area contributed by atoms with E-state index in [1.807, 2.05) is 6.07 Å². The molecule has 3 rings (SSSR count). The van der Waals surface area contributed by atoms with Gasteiger partial charge in [0.05, 0.1) is 6.61 Å². The van der Waals surface area contributed by atoms with Gasteiger partial charge in [0.2, 0.25) is 4.96 Å². The second-order valence-electron chi connectivity index (χ2n) is 4.17. The Morgan fingerprint density at radius 3 is 2.86 bits per heavy atom. The number of nitriles is 1. The fourth-order valence-corrected chi connectivity index (χ4v) is 2.78. The molecule has 0 atom stereocenters. The van der Waals surface area contributed by atoms with Crippen molar-refractivity contribution in [2.45, 2.75) is 6.61 Å². The smallest absolute Gasteiger partial charge is 0.214 e. The Bertz CT molecular complexity index is 865. The second kappa shape index (κ2) is 5.20. The third kappa shape index (κ3) is 2.26. The van der Waals surface area contributed by atoms with Gasteiger partial charge in [-0.15, -0.1) is 0 Å². The first-order valence-electron chi connectivity index (χ1n) is 5.87. The number of imidazole rings is 1. The molecule has 2 heterocycles. The molecule has 0 aliphatic heterocycles. The van der Waals surface area contributed by atoms with Crippen LogP contribution in [0, 0.1) is 23.0 Å². The zero-order chi connectivity index (χ0) is 15.0. The van der Waals surface area contributed by atoms with Crippen LogP contribution in [0.2, 0.25) is 0 Å². The molecule has 0 N–H and O–H groups in total. The van der Waals surface area contributed by atoms with Crippen molar-refractivity contribution in [2.75, 3.05) is 7.11 Å². The maximum atomic E-state index is 13.3.